The predicted molar refractivity (Wildman–Crippen MR) is 59.3 cm³/mol. The van der Waals surface area contributed by atoms with E-state index in [1.54, 1.807) is 30.3 Å². The summed E-state index contributed by atoms with van der Waals surface area (Å²) in [6, 6.07) is 8.21. The molecule has 0 spiro atoms. The van der Waals surface area contributed by atoms with Crippen molar-refractivity contribution in [3.63, 3.8) is 0 Å². The summed E-state index contributed by atoms with van der Waals surface area (Å²) in [4.78, 5) is 11.6. The van der Waals surface area contributed by atoms with Gasteiger partial charge in [0.05, 0.1) is 5.56 Å². The number of hydrogen-bond acceptors (Lipinski definition) is 2. The average molecular weight is 258 g/mol. The number of carbonyl (C=O) groups excluding carboxylic acids is 1. The minimum atomic E-state index is -3.30. The molecule has 1 aromatic rings. The molecule has 1 fully saturated rings. The lowest BCUT2D eigenvalue weighted by Crippen LogP contribution is -2.40. The second-order valence-corrected chi connectivity index (χ2v) is 4.40. The third kappa shape index (κ3) is 2.83. The van der Waals surface area contributed by atoms with Crippen LogP contribution in [0, 0.1) is 0 Å². The van der Waals surface area contributed by atoms with Crippen LogP contribution in [0.15, 0.2) is 30.3 Å². The zero-order chi connectivity index (χ0) is 13.2. The maximum Gasteiger partial charge on any atom is 0.338 e. The van der Waals surface area contributed by atoms with Crippen molar-refractivity contribution in [2.24, 2.45) is 0 Å². The van der Waals surface area contributed by atoms with Gasteiger partial charge in [0.1, 0.15) is 6.10 Å². The molecule has 2 nitrogen and oxygen atoms in total. The lowest BCUT2D eigenvalue weighted by Gasteiger charge is -2.30. The maximum atomic E-state index is 13.1. The summed E-state index contributed by atoms with van der Waals surface area (Å²) < 4.78 is 44.0. The first kappa shape index (κ1) is 12.9. The van der Waals surface area contributed by atoms with Gasteiger partial charge in [-0.1, -0.05) is 18.2 Å². The van der Waals surface area contributed by atoms with Crippen molar-refractivity contribution in [3.05, 3.63) is 35.9 Å². The van der Waals surface area contributed by atoms with Crippen LogP contribution in [0.2, 0.25) is 0 Å². The topological polar surface area (TPSA) is 26.3 Å². The quantitative estimate of drug-likeness (QED) is 0.760. The van der Waals surface area contributed by atoms with Gasteiger partial charge in [0.2, 0.25) is 0 Å². The Hall–Kier alpha value is -1.52. The molecule has 0 unspecified atom stereocenters. The minimum Gasteiger partial charge on any atom is -0.459 e. The van der Waals surface area contributed by atoms with E-state index in [2.05, 4.69) is 0 Å². The van der Waals surface area contributed by atoms with Crippen molar-refractivity contribution in [1.29, 1.82) is 0 Å². The van der Waals surface area contributed by atoms with Crippen LogP contribution in [0.25, 0.3) is 0 Å². The van der Waals surface area contributed by atoms with Crippen LogP contribution < -0.4 is 0 Å². The second-order valence-electron chi connectivity index (χ2n) is 4.40. The molecule has 5 heteroatoms. The number of benzene rings is 1. The van der Waals surface area contributed by atoms with Gasteiger partial charge in [0, 0.05) is 12.8 Å². The highest BCUT2D eigenvalue weighted by atomic mass is 19.3. The van der Waals surface area contributed by atoms with Crippen molar-refractivity contribution >= 4 is 5.97 Å². The summed E-state index contributed by atoms with van der Waals surface area (Å²) >= 11 is 0. The molecule has 0 aliphatic heterocycles. The zero-order valence-electron chi connectivity index (χ0n) is 9.61. The smallest absolute Gasteiger partial charge is 0.338 e. The van der Waals surface area contributed by atoms with Gasteiger partial charge in [-0.25, -0.2) is 18.0 Å². The normalized spacial score (nSPS) is 26.6. The van der Waals surface area contributed by atoms with Gasteiger partial charge in [-0.15, -0.1) is 0 Å². The Labute approximate surface area is 103 Å². The van der Waals surface area contributed by atoms with Crippen LogP contribution in [0.5, 0.6) is 0 Å². The van der Waals surface area contributed by atoms with Crippen LogP contribution >= 0.6 is 0 Å². The third-order valence-corrected chi connectivity index (χ3v) is 3.01. The van der Waals surface area contributed by atoms with Gasteiger partial charge in [0.25, 0.3) is 5.92 Å². The molecule has 1 aliphatic rings. The number of esters is 1. The Morgan fingerprint density at radius 2 is 1.94 bits per heavy atom. The summed E-state index contributed by atoms with van der Waals surface area (Å²) in [5, 5.41) is 0. The molecule has 0 saturated heterocycles. The van der Waals surface area contributed by atoms with E-state index in [9.17, 15) is 18.0 Å². The lowest BCUT2D eigenvalue weighted by molar-refractivity contribution is -0.123. The molecule has 2 rings (SSSR count). The molecule has 2 atom stereocenters. The van der Waals surface area contributed by atoms with Gasteiger partial charge in [-0.05, 0) is 18.6 Å². The van der Waals surface area contributed by atoms with Crippen LogP contribution in [-0.2, 0) is 4.74 Å². The molecule has 18 heavy (non-hydrogen) atoms. The van der Waals surface area contributed by atoms with Crippen LogP contribution in [0.1, 0.15) is 29.6 Å². The van der Waals surface area contributed by atoms with Gasteiger partial charge in [0.15, 0.2) is 6.17 Å². The maximum absolute atomic E-state index is 13.1. The van der Waals surface area contributed by atoms with E-state index in [-0.39, 0.29) is 6.42 Å². The van der Waals surface area contributed by atoms with E-state index < -0.39 is 37.0 Å². The minimum absolute atomic E-state index is 0.00794. The number of alkyl halides is 3. The van der Waals surface area contributed by atoms with Crippen molar-refractivity contribution < 1.29 is 22.7 Å². The molecular formula is C13H13F3O2. The van der Waals surface area contributed by atoms with Gasteiger partial charge in [-0.2, -0.15) is 0 Å². The number of halogens is 3. The molecule has 0 heterocycles. The highest BCUT2D eigenvalue weighted by Gasteiger charge is 2.46. The molecule has 1 aromatic carbocycles. The largest absolute Gasteiger partial charge is 0.459 e. The van der Waals surface area contributed by atoms with Crippen molar-refractivity contribution in [2.45, 2.75) is 37.5 Å². The third-order valence-electron chi connectivity index (χ3n) is 3.01. The SMILES string of the molecule is O=C(O[C@H]1CCC(F)(F)[C@@H](F)C1)c1ccccc1. The first-order valence-corrected chi connectivity index (χ1v) is 5.77. The van der Waals surface area contributed by atoms with Crippen molar-refractivity contribution in [2.75, 3.05) is 0 Å². The molecule has 0 bridgehead atoms. The summed E-state index contributed by atoms with van der Waals surface area (Å²) in [5.74, 6) is -3.90. The zero-order valence-corrected chi connectivity index (χ0v) is 9.61. The second kappa shape index (κ2) is 5.00. The van der Waals surface area contributed by atoms with Crippen LogP contribution in [0.3, 0.4) is 0 Å². The average Bonchev–Trinajstić information content (AvgIpc) is 2.35. The Balaban J connectivity index is 1.94. The van der Waals surface area contributed by atoms with Crippen LogP contribution in [0.4, 0.5) is 13.2 Å². The standard InChI is InChI=1S/C13H13F3O2/c14-11-8-10(6-7-13(11,15)16)18-12(17)9-4-2-1-3-5-9/h1-5,10-11H,6-8H2/t10-,11-/m0/s1. The van der Waals surface area contributed by atoms with Gasteiger partial charge < -0.3 is 4.74 Å². The number of ether oxygens (including phenoxy) is 1. The van der Waals surface area contributed by atoms with E-state index in [1.807, 2.05) is 0 Å². The van der Waals surface area contributed by atoms with Crippen molar-refractivity contribution in [1.82, 2.24) is 0 Å². The molecule has 1 aliphatic carbocycles. The van der Waals surface area contributed by atoms with E-state index >= 15 is 0 Å². The van der Waals surface area contributed by atoms with E-state index in [0.717, 1.165) is 0 Å². The van der Waals surface area contributed by atoms with Gasteiger partial charge in [-0.3, -0.25) is 0 Å². The van der Waals surface area contributed by atoms with Gasteiger partial charge >= 0.3 is 5.97 Å². The Morgan fingerprint density at radius 3 is 2.56 bits per heavy atom. The highest BCUT2D eigenvalue weighted by Crippen LogP contribution is 2.36. The Kier molecular flexibility index (Phi) is 3.59. The molecule has 0 aromatic heterocycles. The lowest BCUT2D eigenvalue weighted by atomic mass is 9.92. The molecule has 98 valence electrons. The summed E-state index contributed by atoms with van der Waals surface area (Å²) in [5.41, 5.74) is 0.338. The summed E-state index contributed by atoms with van der Waals surface area (Å²) in [6.07, 6.45) is -4.04. The fourth-order valence-electron chi connectivity index (χ4n) is 1.93. The summed E-state index contributed by atoms with van der Waals surface area (Å²) in [7, 11) is 0. The fraction of sp³-hybridized carbons (Fsp3) is 0.462. The summed E-state index contributed by atoms with van der Waals surface area (Å²) in [6.45, 7) is 0. The molecule has 1 saturated carbocycles. The molecule has 0 N–H and O–H groups in total. The van der Waals surface area contributed by atoms with E-state index in [1.165, 1.54) is 0 Å². The molecule has 0 amide bonds. The van der Waals surface area contributed by atoms with E-state index in [0.29, 0.717) is 5.56 Å². The predicted octanol–water partition coefficient (Wildman–Crippen LogP) is 3.37. The number of rotatable bonds is 2. The number of hydrogen-bond donors (Lipinski definition) is 0. The van der Waals surface area contributed by atoms with Crippen molar-refractivity contribution in [3.8, 4) is 0 Å². The fourth-order valence-corrected chi connectivity index (χ4v) is 1.93. The first-order valence-electron chi connectivity index (χ1n) is 5.77. The molecular weight excluding hydrogens is 245 g/mol. The van der Waals surface area contributed by atoms with E-state index in [4.69, 9.17) is 4.74 Å². The Morgan fingerprint density at radius 1 is 1.28 bits per heavy atom. The van der Waals surface area contributed by atoms with Crippen LogP contribution in [-0.4, -0.2) is 24.2 Å². The molecule has 0 radical (unpaired) electrons. The highest BCUT2D eigenvalue weighted by molar-refractivity contribution is 5.89. The first-order chi connectivity index (χ1) is 8.49. The number of carbonyl (C=O) groups is 1. The Bertz CT molecular complexity index is 420. The monoisotopic (exact) mass is 258 g/mol.